The molecule has 1 N–H and O–H groups in total. The van der Waals surface area contributed by atoms with Crippen molar-refractivity contribution in [2.45, 2.75) is 44.3 Å². The lowest BCUT2D eigenvalue weighted by molar-refractivity contribution is -0.146. The maximum absolute atomic E-state index is 12.5. The van der Waals surface area contributed by atoms with E-state index in [2.05, 4.69) is 9.97 Å². The maximum atomic E-state index is 12.5. The molecule has 0 spiro atoms. The van der Waals surface area contributed by atoms with Crippen LogP contribution in [0.5, 0.6) is 0 Å². The minimum atomic E-state index is -0.920. The molecule has 1 fully saturated rings. The van der Waals surface area contributed by atoms with E-state index in [1.807, 2.05) is 20.1 Å². The number of thioether (sulfide) groups is 1. The van der Waals surface area contributed by atoms with E-state index < -0.39 is 5.97 Å². The highest BCUT2D eigenvalue weighted by Gasteiger charge is 2.29. The number of amides is 1. The number of hydrogen-bond donors (Lipinski definition) is 1. The van der Waals surface area contributed by atoms with E-state index in [0.717, 1.165) is 22.1 Å². The van der Waals surface area contributed by atoms with Gasteiger partial charge in [0.1, 0.15) is 0 Å². The van der Waals surface area contributed by atoms with Gasteiger partial charge in [0.25, 0.3) is 0 Å². The quantitative estimate of drug-likeness (QED) is 0.611. The van der Waals surface area contributed by atoms with Gasteiger partial charge < -0.3 is 14.7 Å². The lowest BCUT2D eigenvalue weighted by atomic mass is 10.0. The maximum Gasteiger partial charge on any atom is 0.305 e. The van der Waals surface area contributed by atoms with Crippen LogP contribution in [0.4, 0.5) is 0 Å². The molecule has 0 aromatic carbocycles. The Kier molecular flexibility index (Phi) is 6.56. The molecule has 0 bridgehead atoms. The van der Waals surface area contributed by atoms with Crippen LogP contribution in [0.15, 0.2) is 5.16 Å². The molecule has 1 aromatic rings. The topological polar surface area (TPSA) is 92.6 Å². The number of rotatable bonds is 6. The number of aromatic nitrogens is 2. The van der Waals surface area contributed by atoms with Crippen LogP contribution in [-0.4, -0.2) is 63.9 Å². The number of aryl methyl sites for hydroxylation is 2. The molecular formula is C16H23N3O4S. The minimum absolute atomic E-state index is 0.0442. The van der Waals surface area contributed by atoms with Crippen molar-refractivity contribution in [1.29, 1.82) is 0 Å². The summed E-state index contributed by atoms with van der Waals surface area (Å²) >= 11 is 1.49. The minimum Gasteiger partial charge on any atom is -0.481 e. The lowest BCUT2D eigenvalue weighted by Gasteiger charge is -2.35. The van der Waals surface area contributed by atoms with Crippen molar-refractivity contribution in [3.8, 4) is 0 Å². The first-order valence-electron chi connectivity index (χ1n) is 7.89. The predicted molar refractivity (Wildman–Crippen MR) is 90.2 cm³/mol. The highest BCUT2D eigenvalue weighted by atomic mass is 32.2. The van der Waals surface area contributed by atoms with Crippen molar-refractivity contribution >= 4 is 23.6 Å². The van der Waals surface area contributed by atoms with E-state index in [0.29, 0.717) is 26.0 Å². The van der Waals surface area contributed by atoms with Crippen LogP contribution in [0.2, 0.25) is 0 Å². The van der Waals surface area contributed by atoms with Crippen molar-refractivity contribution < 1.29 is 19.4 Å². The van der Waals surface area contributed by atoms with Gasteiger partial charge in [-0.1, -0.05) is 11.8 Å². The molecule has 0 radical (unpaired) electrons. The van der Waals surface area contributed by atoms with Gasteiger partial charge in [0.2, 0.25) is 5.91 Å². The summed E-state index contributed by atoms with van der Waals surface area (Å²) in [6.45, 7) is 5.02. The lowest BCUT2D eigenvalue weighted by Crippen LogP contribution is -2.49. The van der Waals surface area contributed by atoms with Gasteiger partial charge in [-0.05, 0) is 32.1 Å². The number of carboxylic acids is 1. The smallest absolute Gasteiger partial charge is 0.305 e. The molecule has 0 aliphatic carbocycles. The SMILES string of the molecule is CSc1nc(C)c(CCC(=O)N2CCOCC2CC(=O)O)c(C)n1. The Morgan fingerprint density at radius 3 is 2.58 bits per heavy atom. The zero-order valence-corrected chi connectivity index (χ0v) is 15.1. The normalized spacial score (nSPS) is 17.8. The second-order valence-corrected chi connectivity index (χ2v) is 6.55. The van der Waals surface area contributed by atoms with Crippen molar-refractivity contribution in [2.24, 2.45) is 0 Å². The van der Waals surface area contributed by atoms with Gasteiger partial charge in [0, 0.05) is 24.4 Å². The molecule has 8 heteroatoms. The average Bonchev–Trinajstić information content (AvgIpc) is 2.53. The van der Waals surface area contributed by atoms with Gasteiger partial charge >= 0.3 is 5.97 Å². The fourth-order valence-corrected chi connectivity index (χ4v) is 3.35. The van der Waals surface area contributed by atoms with Crippen molar-refractivity contribution in [3.05, 3.63) is 17.0 Å². The Morgan fingerprint density at radius 1 is 1.33 bits per heavy atom. The summed E-state index contributed by atoms with van der Waals surface area (Å²) in [6, 6.07) is -0.388. The number of hydrogen-bond acceptors (Lipinski definition) is 6. The zero-order valence-electron chi connectivity index (χ0n) is 14.2. The molecule has 7 nitrogen and oxygen atoms in total. The summed E-state index contributed by atoms with van der Waals surface area (Å²) in [5, 5.41) is 9.71. The summed E-state index contributed by atoms with van der Waals surface area (Å²) < 4.78 is 5.31. The van der Waals surface area contributed by atoms with E-state index in [-0.39, 0.29) is 25.0 Å². The summed E-state index contributed by atoms with van der Waals surface area (Å²) in [7, 11) is 0. The van der Waals surface area contributed by atoms with Crippen LogP contribution in [0, 0.1) is 13.8 Å². The molecule has 1 aliphatic rings. The number of carbonyl (C=O) groups is 2. The fourth-order valence-electron chi connectivity index (χ4n) is 2.89. The molecule has 1 unspecified atom stereocenters. The highest BCUT2D eigenvalue weighted by molar-refractivity contribution is 7.98. The first-order valence-corrected chi connectivity index (χ1v) is 9.12. The Labute approximate surface area is 145 Å². The second-order valence-electron chi connectivity index (χ2n) is 5.77. The molecule has 1 atom stereocenters. The largest absolute Gasteiger partial charge is 0.481 e. The van der Waals surface area contributed by atoms with Gasteiger partial charge in [0.15, 0.2) is 5.16 Å². The Hall–Kier alpha value is -1.67. The Morgan fingerprint density at radius 2 is 2.00 bits per heavy atom. The first kappa shape index (κ1) is 18.7. The summed E-state index contributed by atoms with van der Waals surface area (Å²) in [5.74, 6) is -0.965. The van der Waals surface area contributed by atoms with Crippen LogP contribution < -0.4 is 0 Å². The van der Waals surface area contributed by atoms with E-state index in [1.165, 1.54) is 11.8 Å². The van der Waals surface area contributed by atoms with E-state index >= 15 is 0 Å². The summed E-state index contributed by atoms with van der Waals surface area (Å²) in [6.07, 6.45) is 2.72. The third kappa shape index (κ3) is 4.67. The number of ether oxygens (including phenoxy) is 1. The third-order valence-electron chi connectivity index (χ3n) is 4.13. The molecule has 0 saturated carbocycles. The highest BCUT2D eigenvalue weighted by Crippen LogP contribution is 2.19. The van der Waals surface area contributed by atoms with Crippen LogP contribution in [0.1, 0.15) is 29.8 Å². The van der Waals surface area contributed by atoms with Gasteiger partial charge in [-0.25, -0.2) is 9.97 Å². The Balaban J connectivity index is 2.03. The standard InChI is InChI=1S/C16H23N3O4S/c1-10-13(11(2)18-16(17-10)24-3)4-5-14(20)19-6-7-23-9-12(19)8-15(21)22/h12H,4-9H2,1-3H3,(H,21,22). The van der Waals surface area contributed by atoms with E-state index in [1.54, 1.807) is 4.90 Å². The number of nitrogens with zero attached hydrogens (tertiary/aromatic N) is 3. The molecule has 24 heavy (non-hydrogen) atoms. The van der Waals surface area contributed by atoms with Gasteiger partial charge in [-0.3, -0.25) is 9.59 Å². The summed E-state index contributed by atoms with van der Waals surface area (Å²) in [4.78, 5) is 34.0. The van der Waals surface area contributed by atoms with Crippen LogP contribution in [-0.2, 0) is 20.7 Å². The van der Waals surface area contributed by atoms with Crippen LogP contribution >= 0.6 is 11.8 Å². The number of carbonyl (C=O) groups excluding carboxylic acids is 1. The zero-order chi connectivity index (χ0) is 17.7. The molecule has 2 heterocycles. The van der Waals surface area contributed by atoms with Gasteiger partial charge in [0.05, 0.1) is 25.7 Å². The van der Waals surface area contributed by atoms with E-state index in [4.69, 9.17) is 9.84 Å². The van der Waals surface area contributed by atoms with Crippen molar-refractivity contribution in [2.75, 3.05) is 26.0 Å². The molecule has 1 saturated heterocycles. The molecule has 1 aliphatic heterocycles. The number of morpholine rings is 1. The number of carboxylic acid groups (broad SMARTS) is 1. The van der Waals surface area contributed by atoms with Crippen molar-refractivity contribution in [1.82, 2.24) is 14.9 Å². The third-order valence-corrected chi connectivity index (χ3v) is 4.68. The van der Waals surface area contributed by atoms with Gasteiger partial charge in [-0.15, -0.1) is 0 Å². The molecule has 1 aromatic heterocycles. The molecule has 2 rings (SSSR count). The van der Waals surface area contributed by atoms with E-state index in [9.17, 15) is 9.59 Å². The molecule has 1 amide bonds. The number of aliphatic carboxylic acids is 1. The predicted octanol–water partition coefficient (Wildman–Crippen LogP) is 1.45. The second kappa shape index (κ2) is 8.43. The average molecular weight is 353 g/mol. The van der Waals surface area contributed by atoms with Crippen LogP contribution in [0.3, 0.4) is 0 Å². The molecule has 132 valence electrons. The summed E-state index contributed by atoms with van der Waals surface area (Å²) in [5.41, 5.74) is 2.77. The van der Waals surface area contributed by atoms with Gasteiger partial charge in [-0.2, -0.15) is 0 Å². The first-order chi connectivity index (χ1) is 11.4. The monoisotopic (exact) mass is 353 g/mol. The fraction of sp³-hybridized carbons (Fsp3) is 0.625. The van der Waals surface area contributed by atoms with Crippen LogP contribution in [0.25, 0.3) is 0 Å². The molecular weight excluding hydrogens is 330 g/mol. The van der Waals surface area contributed by atoms with Crippen molar-refractivity contribution in [3.63, 3.8) is 0 Å². The Bertz CT molecular complexity index is 600.